The molecule has 0 fully saturated rings. The number of aryl methyl sites for hydroxylation is 2. The lowest BCUT2D eigenvalue weighted by Gasteiger charge is -2.27. The highest BCUT2D eigenvalue weighted by Crippen LogP contribution is 2.21. The van der Waals surface area contributed by atoms with Crippen LogP contribution in [0.15, 0.2) is 48.5 Å². The molecule has 0 aromatic heterocycles. The molecule has 0 aliphatic carbocycles. The van der Waals surface area contributed by atoms with Crippen LogP contribution >= 0.6 is 0 Å². The summed E-state index contributed by atoms with van der Waals surface area (Å²) in [6.45, 7) is 8.01. The van der Waals surface area contributed by atoms with E-state index in [0.29, 0.717) is 0 Å². The van der Waals surface area contributed by atoms with Gasteiger partial charge in [0.1, 0.15) is 5.54 Å². The molecular weight excluding hydrogens is 296 g/mol. The lowest BCUT2D eigenvalue weighted by Crippen LogP contribution is -2.44. The SMILES string of the molecule is CCCCc1ccc(NC(=O)C(C)(C)Nc2ccccc2C)cc1. The molecule has 2 rings (SSSR count). The minimum absolute atomic E-state index is 0.0490. The van der Waals surface area contributed by atoms with E-state index >= 15 is 0 Å². The van der Waals surface area contributed by atoms with E-state index in [4.69, 9.17) is 0 Å². The first-order valence-electron chi connectivity index (χ1n) is 8.66. The number of hydrogen-bond donors (Lipinski definition) is 2. The maximum absolute atomic E-state index is 12.6. The van der Waals surface area contributed by atoms with Crippen molar-refractivity contribution in [1.82, 2.24) is 0 Å². The number of carbonyl (C=O) groups excluding carboxylic acids is 1. The summed E-state index contributed by atoms with van der Waals surface area (Å²) in [6, 6.07) is 16.1. The van der Waals surface area contributed by atoms with Gasteiger partial charge < -0.3 is 10.6 Å². The van der Waals surface area contributed by atoms with Crippen molar-refractivity contribution >= 4 is 17.3 Å². The van der Waals surface area contributed by atoms with Crippen LogP contribution in [0.1, 0.15) is 44.7 Å². The van der Waals surface area contributed by atoms with Crippen molar-refractivity contribution in [3.63, 3.8) is 0 Å². The van der Waals surface area contributed by atoms with E-state index in [0.717, 1.165) is 23.4 Å². The maximum atomic E-state index is 12.6. The molecule has 0 aliphatic rings. The second kappa shape index (κ2) is 8.00. The van der Waals surface area contributed by atoms with Crippen LogP contribution in [0.25, 0.3) is 0 Å². The average Bonchev–Trinajstić information content (AvgIpc) is 2.56. The Hall–Kier alpha value is -2.29. The van der Waals surface area contributed by atoms with Gasteiger partial charge in [-0.3, -0.25) is 4.79 Å². The summed E-state index contributed by atoms with van der Waals surface area (Å²) in [6.07, 6.45) is 3.47. The smallest absolute Gasteiger partial charge is 0.249 e. The zero-order valence-corrected chi connectivity index (χ0v) is 15.1. The molecule has 24 heavy (non-hydrogen) atoms. The molecule has 0 bridgehead atoms. The molecule has 128 valence electrons. The Kier molecular flexibility index (Phi) is 6.02. The quantitative estimate of drug-likeness (QED) is 0.738. The Morgan fingerprint density at radius 3 is 2.33 bits per heavy atom. The van der Waals surface area contributed by atoms with Gasteiger partial charge in [-0.05, 0) is 62.9 Å². The van der Waals surface area contributed by atoms with Gasteiger partial charge in [-0.1, -0.05) is 43.7 Å². The Bertz CT molecular complexity index is 674. The number of rotatable bonds is 7. The Balaban J connectivity index is 2.01. The molecule has 0 atom stereocenters. The Morgan fingerprint density at radius 1 is 1.04 bits per heavy atom. The van der Waals surface area contributed by atoms with Crippen molar-refractivity contribution in [3.8, 4) is 0 Å². The topological polar surface area (TPSA) is 41.1 Å². The normalized spacial score (nSPS) is 11.2. The van der Waals surface area contributed by atoms with Crippen LogP contribution in [0, 0.1) is 6.92 Å². The Labute approximate surface area is 145 Å². The highest BCUT2D eigenvalue weighted by Gasteiger charge is 2.27. The molecule has 0 radical (unpaired) electrons. The van der Waals surface area contributed by atoms with Crippen LogP contribution in [0.2, 0.25) is 0 Å². The summed E-state index contributed by atoms with van der Waals surface area (Å²) in [5.41, 5.74) is 3.55. The summed E-state index contributed by atoms with van der Waals surface area (Å²) in [5.74, 6) is -0.0490. The van der Waals surface area contributed by atoms with E-state index in [2.05, 4.69) is 29.7 Å². The van der Waals surface area contributed by atoms with Crippen molar-refractivity contribution < 1.29 is 4.79 Å². The number of nitrogens with one attached hydrogen (secondary N) is 2. The van der Waals surface area contributed by atoms with Gasteiger partial charge in [-0.15, -0.1) is 0 Å². The van der Waals surface area contributed by atoms with Crippen LogP contribution in [0.4, 0.5) is 11.4 Å². The summed E-state index contributed by atoms with van der Waals surface area (Å²) in [4.78, 5) is 12.6. The standard InChI is InChI=1S/C21H28N2O/c1-5-6-10-17-12-14-18(15-13-17)22-20(24)21(3,4)23-19-11-8-7-9-16(19)2/h7-9,11-15,23H,5-6,10H2,1-4H3,(H,22,24). The van der Waals surface area contributed by atoms with Crippen molar-refractivity contribution in [2.75, 3.05) is 10.6 Å². The number of amides is 1. The van der Waals surface area contributed by atoms with Crippen LogP contribution in [-0.2, 0) is 11.2 Å². The van der Waals surface area contributed by atoms with E-state index < -0.39 is 5.54 Å². The summed E-state index contributed by atoms with van der Waals surface area (Å²) < 4.78 is 0. The zero-order valence-electron chi connectivity index (χ0n) is 15.1. The molecule has 3 nitrogen and oxygen atoms in total. The maximum Gasteiger partial charge on any atom is 0.249 e. The lowest BCUT2D eigenvalue weighted by atomic mass is 10.0. The molecule has 0 saturated carbocycles. The second-order valence-corrected chi connectivity index (χ2v) is 6.82. The van der Waals surface area contributed by atoms with Crippen molar-refractivity contribution in [3.05, 3.63) is 59.7 Å². The molecule has 0 heterocycles. The van der Waals surface area contributed by atoms with Gasteiger partial charge in [0, 0.05) is 11.4 Å². The fraction of sp³-hybridized carbons (Fsp3) is 0.381. The third kappa shape index (κ3) is 4.85. The first kappa shape index (κ1) is 18.1. The fourth-order valence-corrected chi connectivity index (χ4v) is 2.53. The van der Waals surface area contributed by atoms with Crippen LogP contribution in [0.3, 0.4) is 0 Å². The van der Waals surface area contributed by atoms with Crippen LogP contribution in [0.5, 0.6) is 0 Å². The largest absolute Gasteiger partial charge is 0.371 e. The third-order valence-corrected chi connectivity index (χ3v) is 4.19. The minimum atomic E-state index is -0.701. The average molecular weight is 324 g/mol. The van der Waals surface area contributed by atoms with Crippen molar-refractivity contribution in [2.24, 2.45) is 0 Å². The number of hydrogen-bond acceptors (Lipinski definition) is 2. The number of carbonyl (C=O) groups is 1. The number of anilines is 2. The summed E-state index contributed by atoms with van der Waals surface area (Å²) in [7, 11) is 0. The highest BCUT2D eigenvalue weighted by atomic mass is 16.2. The number of unbranched alkanes of at least 4 members (excludes halogenated alkanes) is 1. The molecule has 2 N–H and O–H groups in total. The van der Waals surface area contributed by atoms with E-state index in [-0.39, 0.29) is 5.91 Å². The lowest BCUT2D eigenvalue weighted by molar-refractivity contribution is -0.119. The van der Waals surface area contributed by atoms with Gasteiger partial charge in [0.2, 0.25) is 5.91 Å². The predicted octanol–water partition coefficient (Wildman–Crippen LogP) is 5.17. The van der Waals surface area contributed by atoms with Crippen molar-refractivity contribution in [2.45, 2.75) is 52.5 Å². The van der Waals surface area contributed by atoms with E-state index in [1.807, 2.05) is 57.2 Å². The monoisotopic (exact) mass is 324 g/mol. The first-order valence-corrected chi connectivity index (χ1v) is 8.66. The second-order valence-electron chi connectivity index (χ2n) is 6.82. The summed E-state index contributed by atoms with van der Waals surface area (Å²) >= 11 is 0. The summed E-state index contributed by atoms with van der Waals surface area (Å²) in [5, 5.41) is 6.34. The first-order chi connectivity index (χ1) is 11.4. The van der Waals surface area contributed by atoms with Crippen LogP contribution in [-0.4, -0.2) is 11.4 Å². The fourth-order valence-electron chi connectivity index (χ4n) is 2.53. The third-order valence-electron chi connectivity index (χ3n) is 4.19. The molecule has 2 aromatic carbocycles. The van der Waals surface area contributed by atoms with Gasteiger partial charge in [0.25, 0.3) is 0 Å². The molecular formula is C21H28N2O. The number of benzene rings is 2. The molecule has 0 spiro atoms. The Morgan fingerprint density at radius 2 is 1.71 bits per heavy atom. The van der Waals surface area contributed by atoms with Gasteiger partial charge in [-0.25, -0.2) is 0 Å². The van der Waals surface area contributed by atoms with Crippen molar-refractivity contribution in [1.29, 1.82) is 0 Å². The molecule has 2 aromatic rings. The highest BCUT2D eigenvalue weighted by molar-refractivity contribution is 5.99. The van der Waals surface area contributed by atoms with Gasteiger partial charge in [-0.2, -0.15) is 0 Å². The molecule has 0 aliphatic heterocycles. The predicted molar refractivity (Wildman–Crippen MR) is 103 cm³/mol. The van der Waals surface area contributed by atoms with E-state index in [9.17, 15) is 4.79 Å². The van der Waals surface area contributed by atoms with E-state index in [1.54, 1.807) is 0 Å². The van der Waals surface area contributed by atoms with E-state index in [1.165, 1.54) is 18.4 Å². The van der Waals surface area contributed by atoms with Gasteiger partial charge in [0.05, 0.1) is 0 Å². The van der Waals surface area contributed by atoms with Gasteiger partial charge in [0.15, 0.2) is 0 Å². The molecule has 1 amide bonds. The zero-order chi connectivity index (χ0) is 17.6. The molecule has 0 saturated heterocycles. The van der Waals surface area contributed by atoms with Gasteiger partial charge >= 0.3 is 0 Å². The molecule has 3 heteroatoms. The number of para-hydroxylation sites is 1. The molecule has 0 unspecified atom stereocenters. The van der Waals surface area contributed by atoms with Crippen LogP contribution < -0.4 is 10.6 Å². The minimum Gasteiger partial charge on any atom is -0.371 e.